The van der Waals surface area contributed by atoms with Crippen LogP contribution in [-0.2, 0) is 4.79 Å². The summed E-state index contributed by atoms with van der Waals surface area (Å²) in [6.07, 6.45) is 4.77. The fourth-order valence-corrected chi connectivity index (χ4v) is 3.96. The van der Waals surface area contributed by atoms with Crippen molar-refractivity contribution in [2.45, 2.75) is 38.1 Å². The number of nitrogens with zero attached hydrogens (tertiary/aromatic N) is 1. The Morgan fingerprint density at radius 1 is 1.08 bits per heavy atom. The molecule has 24 heavy (non-hydrogen) atoms. The highest BCUT2D eigenvalue weighted by Crippen LogP contribution is 2.31. The van der Waals surface area contributed by atoms with Gasteiger partial charge in [-0.05, 0) is 50.3 Å². The molecule has 1 aromatic rings. The summed E-state index contributed by atoms with van der Waals surface area (Å²) in [7, 11) is 0. The lowest BCUT2D eigenvalue weighted by atomic mass is 9.94. The van der Waals surface area contributed by atoms with Gasteiger partial charge in [-0.1, -0.05) is 24.6 Å². The molecule has 0 unspecified atom stereocenters. The van der Waals surface area contributed by atoms with Gasteiger partial charge in [0.15, 0.2) is 0 Å². The maximum Gasteiger partial charge on any atom is 0.253 e. The van der Waals surface area contributed by atoms with Gasteiger partial charge in [-0.3, -0.25) is 9.59 Å². The van der Waals surface area contributed by atoms with Crippen LogP contribution >= 0.6 is 0 Å². The summed E-state index contributed by atoms with van der Waals surface area (Å²) in [6.45, 7) is 2.00. The molecule has 0 bridgehead atoms. The van der Waals surface area contributed by atoms with E-state index in [4.69, 9.17) is 5.73 Å². The summed E-state index contributed by atoms with van der Waals surface area (Å²) in [6, 6.07) is 9.56. The van der Waals surface area contributed by atoms with Gasteiger partial charge in [0.05, 0.1) is 0 Å². The smallest absolute Gasteiger partial charge is 0.253 e. The Labute approximate surface area is 143 Å². The zero-order chi connectivity index (χ0) is 16.9. The lowest BCUT2D eigenvalue weighted by Gasteiger charge is -2.33. The monoisotopic (exact) mass is 329 g/mol. The maximum atomic E-state index is 12.5. The minimum atomic E-state index is 0.0824. The predicted octanol–water partition coefficient (Wildman–Crippen LogP) is 1.78. The Balaban J connectivity index is 1.48. The fraction of sp³-hybridized carbons (Fsp3) is 0.579. The third-order valence-corrected chi connectivity index (χ3v) is 5.45. The molecule has 5 heteroatoms. The van der Waals surface area contributed by atoms with E-state index in [1.54, 1.807) is 0 Å². The van der Waals surface area contributed by atoms with Gasteiger partial charge in [0.2, 0.25) is 5.91 Å². The van der Waals surface area contributed by atoms with Crippen LogP contribution in [0.15, 0.2) is 30.3 Å². The molecule has 130 valence electrons. The minimum absolute atomic E-state index is 0.0824. The maximum absolute atomic E-state index is 12.5. The molecule has 1 saturated carbocycles. The second-order valence-electron chi connectivity index (χ2n) is 6.97. The lowest BCUT2D eigenvalue weighted by molar-refractivity contribution is -0.126. The predicted molar refractivity (Wildman–Crippen MR) is 93.4 cm³/mol. The molecule has 0 aromatic heterocycles. The van der Waals surface area contributed by atoms with Gasteiger partial charge >= 0.3 is 0 Å². The Kier molecular flexibility index (Phi) is 5.51. The number of nitrogens with one attached hydrogen (secondary N) is 1. The summed E-state index contributed by atoms with van der Waals surface area (Å²) < 4.78 is 0. The number of amides is 2. The van der Waals surface area contributed by atoms with E-state index in [1.807, 2.05) is 35.2 Å². The highest BCUT2D eigenvalue weighted by atomic mass is 16.2. The molecular formula is C19H27N3O2. The SMILES string of the molecule is NC[C@H]1CCC[C@H]1C(=O)NC1CCN(C(=O)c2ccccc2)CC1. The van der Waals surface area contributed by atoms with Crippen LogP contribution < -0.4 is 11.1 Å². The molecule has 1 aromatic carbocycles. The summed E-state index contributed by atoms with van der Waals surface area (Å²) in [5, 5.41) is 3.19. The third kappa shape index (κ3) is 3.78. The summed E-state index contributed by atoms with van der Waals surface area (Å²) >= 11 is 0. The van der Waals surface area contributed by atoms with E-state index in [2.05, 4.69) is 5.32 Å². The number of hydrogen-bond acceptors (Lipinski definition) is 3. The minimum Gasteiger partial charge on any atom is -0.353 e. The van der Waals surface area contributed by atoms with Gasteiger partial charge in [0, 0.05) is 30.6 Å². The molecular weight excluding hydrogens is 302 g/mol. The number of likely N-dealkylation sites (tertiary alicyclic amines) is 1. The number of carbonyl (C=O) groups excluding carboxylic acids is 2. The normalized spacial score (nSPS) is 24.8. The van der Waals surface area contributed by atoms with Crippen molar-refractivity contribution in [1.29, 1.82) is 0 Å². The van der Waals surface area contributed by atoms with Crippen LogP contribution in [0.5, 0.6) is 0 Å². The van der Waals surface area contributed by atoms with E-state index in [1.165, 1.54) is 0 Å². The van der Waals surface area contributed by atoms with Crippen molar-refractivity contribution in [3.63, 3.8) is 0 Å². The Bertz CT molecular complexity index is 567. The quantitative estimate of drug-likeness (QED) is 0.884. The van der Waals surface area contributed by atoms with Crippen molar-refractivity contribution in [3.8, 4) is 0 Å². The van der Waals surface area contributed by atoms with Crippen LogP contribution in [0, 0.1) is 11.8 Å². The molecule has 2 atom stereocenters. The van der Waals surface area contributed by atoms with Crippen LogP contribution in [0.2, 0.25) is 0 Å². The molecule has 0 spiro atoms. The van der Waals surface area contributed by atoms with Crippen LogP contribution in [0.25, 0.3) is 0 Å². The first-order valence-corrected chi connectivity index (χ1v) is 9.04. The zero-order valence-corrected chi connectivity index (χ0v) is 14.1. The van der Waals surface area contributed by atoms with Gasteiger partial charge in [0.25, 0.3) is 5.91 Å². The molecule has 1 saturated heterocycles. The average molecular weight is 329 g/mol. The first-order chi connectivity index (χ1) is 11.7. The second kappa shape index (κ2) is 7.79. The van der Waals surface area contributed by atoms with Gasteiger partial charge in [-0.15, -0.1) is 0 Å². The van der Waals surface area contributed by atoms with E-state index in [-0.39, 0.29) is 23.8 Å². The Hall–Kier alpha value is -1.88. The first kappa shape index (κ1) is 17.0. The van der Waals surface area contributed by atoms with Crippen LogP contribution in [0.3, 0.4) is 0 Å². The van der Waals surface area contributed by atoms with E-state index in [9.17, 15) is 9.59 Å². The summed E-state index contributed by atoms with van der Waals surface area (Å²) in [5.41, 5.74) is 6.51. The Morgan fingerprint density at radius 3 is 2.46 bits per heavy atom. The van der Waals surface area contributed by atoms with Crippen molar-refractivity contribution in [2.24, 2.45) is 17.6 Å². The molecule has 1 aliphatic carbocycles. The molecule has 2 fully saturated rings. The number of benzene rings is 1. The van der Waals surface area contributed by atoms with E-state index < -0.39 is 0 Å². The molecule has 2 amide bonds. The molecule has 1 aliphatic heterocycles. The first-order valence-electron chi connectivity index (χ1n) is 9.04. The molecule has 0 radical (unpaired) electrons. The topological polar surface area (TPSA) is 75.4 Å². The van der Waals surface area contributed by atoms with E-state index in [0.29, 0.717) is 25.6 Å². The van der Waals surface area contributed by atoms with E-state index in [0.717, 1.165) is 37.7 Å². The lowest BCUT2D eigenvalue weighted by Crippen LogP contribution is -2.48. The molecule has 1 heterocycles. The fourth-order valence-electron chi connectivity index (χ4n) is 3.96. The molecule has 2 aliphatic rings. The highest BCUT2D eigenvalue weighted by molar-refractivity contribution is 5.94. The number of piperidine rings is 1. The van der Waals surface area contributed by atoms with Crippen molar-refractivity contribution in [3.05, 3.63) is 35.9 Å². The van der Waals surface area contributed by atoms with E-state index >= 15 is 0 Å². The molecule has 3 rings (SSSR count). The largest absolute Gasteiger partial charge is 0.353 e. The van der Waals surface area contributed by atoms with Crippen molar-refractivity contribution in [2.75, 3.05) is 19.6 Å². The van der Waals surface area contributed by atoms with Crippen molar-refractivity contribution in [1.82, 2.24) is 10.2 Å². The standard InChI is InChI=1S/C19H27N3O2/c20-13-15-7-4-8-17(15)18(23)21-16-9-11-22(12-10-16)19(24)14-5-2-1-3-6-14/h1-3,5-6,15-17H,4,7-13,20H2,(H,21,23)/t15-,17-/m1/s1. The van der Waals surface area contributed by atoms with Gasteiger partial charge < -0.3 is 16.0 Å². The molecule has 5 nitrogen and oxygen atoms in total. The summed E-state index contributed by atoms with van der Waals surface area (Å²) in [4.78, 5) is 26.8. The van der Waals surface area contributed by atoms with Crippen molar-refractivity contribution >= 4 is 11.8 Å². The highest BCUT2D eigenvalue weighted by Gasteiger charge is 2.33. The van der Waals surface area contributed by atoms with Gasteiger partial charge in [-0.25, -0.2) is 0 Å². The number of hydrogen-bond donors (Lipinski definition) is 2. The summed E-state index contributed by atoms with van der Waals surface area (Å²) in [5.74, 6) is 0.666. The van der Waals surface area contributed by atoms with Crippen LogP contribution in [-0.4, -0.2) is 42.4 Å². The second-order valence-corrected chi connectivity index (χ2v) is 6.97. The van der Waals surface area contributed by atoms with Crippen LogP contribution in [0.1, 0.15) is 42.5 Å². The Morgan fingerprint density at radius 2 is 1.79 bits per heavy atom. The van der Waals surface area contributed by atoms with Gasteiger partial charge in [0.1, 0.15) is 0 Å². The zero-order valence-electron chi connectivity index (χ0n) is 14.1. The molecule has 3 N–H and O–H groups in total. The third-order valence-electron chi connectivity index (χ3n) is 5.45. The van der Waals surface area contributed by atoms with Crippen LogP contribution in [0.4, 0.5) is 0 Å². The number of carbonyl (C=O) groups is 2. The number of rotatable bonds is 4. The number of nitrogens with two attached hydrogens (primary N) is 1. The van der Waals surface area contributed by atoms with Gasteiger partial charge in [-0.2, -0.15) is 0 Å². The average Bonchev–Trinajstić information content (AvgIpc) is 3.11. The van der Waals surface area contributed by atoms with Crippen molar-refractivity contribution < 1.29 is 9.59 Å².